The maximum absolute atomic E-state index is 11.7. The van der Waals surface area contributed by atoms with E-state index >= 15 is 0 Å². The Morgan fingerprint density at radius 3 is 3.00 bits per heavy atom. The van der Waals surface area contributed by atoms with Crippen molar-refractivity contribution in [3.05, 3.63) is 24.3 Å². The topological polar surface area (TPSA) is 70.2 Å². The molecule has 2 aromatic rings. The fourth-order valence-electron chi connectivity index (χ4n) is 2.40. The lowest BCUT2D eigenvalue weighted by molar-refractivity contribution is -0.119. The lowest BCUT2D eigenvalue weighted by atomic mass is 10.2. The normalized spacial score (nSPS) is 15.8. The van der Waals surface area contributed by atoms with E-state index in [4.69, 9.17) is 0 Å². The zero-order valence-corrected chi connectivity index (χ0v) is 11.4. The standard InChI is InChI=1S/C14H17N5O/c1-15-14-17-11-6-3-2-5-10(11)13(18-14)19-8-4-7-16-12(20)9-19/h2-3,5-6H,4,7-9H2,1H3,(H,16,20)(H,15,17,18). The van der Waals surface area contributed by atoms with E-state index in [2.05, 4.69) is 20.6 Å². The van der Waals surface area contributed by atoms with Crippen LogP contribution < -0.4 is 15.5 Å². The third-order valence-electron chi connectivity index (χ3n) is 3.37. The highest BCUT2D eigenvalue weighted by Gasteiger charge is 2.19. The minimum absolute atomic E-state index is 0.0381. The van der Waals surface area contributed by atoms with E-state index in [0.717, 1.165) is 36.2 Å². The first-order chi connectivity index (χ1) is 9.78. The third-order valence-corrected chi connectivity index (χ3v) is 3.37. The van der Waals surface area contributed by atoms with Crippen LogP contribution in [0.15, 0.2) is 24.3 Å². The number of fused-ring (bicyclic) bond motifs is 1. The van der Waals surface area contributed by atoms with Crippen molar-refractivity contribution >= 4 is 28.6 Å². The van der Waals surface area contributed by atoms with E-state index in [0.29, 0.717) is 12.5 Å². The van der Waals surface area contributed by atoms with Crippen LogP contribution in [0.1, 0.15) is 6.42 Å². The highest BCUT2D eigenvalue weighted by atomic mass is 16.2. The fraction of sp³-hybridized carbons (Fsp3) is 0.357. The van der Waals surface area contributed by atoms with E-state index in [1.54, 1.807) is 7.05 Å². The minimum Gasteiger partial charge on any atom is -0.357 e. The van der Waals surface area contributed by atoms with Gasteiger partial charge in [0.25, 0.3) is 0 Å². The van der Waals surface area contributed by atoms with Gasteiger partial charge in [-0.1, -0.05) is 12.1 Å². The molecule has 2 heterocycles. The number of anilines is 2. The number of carbonyl (C=O) groups excluding carboxylic acids is 1. The Labute approximate surface area is 117 Å². The maximum atomic E-state index is 11.7. The van der Waals surface area contributed by atoms with Crippen LogP contribution in [-0.4, -0.2) is 42.6 Å². The van der Waals surface area contributed by atoms with Gasteiger partial charge in [-0.2, -0.15) is 4.98 Å². The predicted molar refractivity (Wildman–Crippen MR) is 78.9 cm³/mol. The average Bonchev–Trinajstić information content (AvgIpc) is 2.70. The van der Waals surface area contributed by atoms with Crippen LogP contribution in [0, 0.1) is 0 Å². The first-order valence-corrected chi connectivity index (χ1v) is 6.74. The van der Waals surface area contributed by atoms with Crippen LogP contribution in [0.4, 0.5) is 11.8 Å². The summed E-state index contributed by atoms with van der Waals surface area (Å²) in [7, 11) is 1.79. The molecule has 0 radical (unpaired) electrons. The van der Waals surface area contributed by atoms with E-state index in [1.807, 2.05) is 29.2 Å². The summed E-state index contributed by atoms with van der Waals surface area (Å²) in [5, 5.41) is 6.83. The molecule has 1 aliphatic rings. The first kappa shape index (κ1) is 12.7. The number of hydrogen-bond donors (Lipinski definition) is 2. The molecule has 1 amide bonds. The predicted octanol–water partition coefficient (Wildman–Crippen LogP) is 0.998. The molecule has 3 rings (SSSR count). The summed E-state index contributed by atoms with van der Waals surface area (Å²) < 4.78 is 0. The molecule has 6 heteroatoms. The molecule has 1 aliphatic heterocycles. The van der Waals surface area contributed by atoms with Crippen molar-refractivity contribution in [2.24, 2.45) is 0 Å². The Balaban J connectivity index is 2.10. The molecule has 1 fully saturated rings. The van der Waals surface area contributed by atoms with Gasteiger partial charge in [-0.05, 0) is 18.6 Å². The summed E-state index contributed by atoms with van der Waals surface area (Å²) in [6.07, 6.45) is 0.916. The largest absolute Gasteiger partial charge is 0.357 e. The molecular formula is C14H17N5O. The summed E-state index contributed by atoms with van der Waals surface area (Å²) in [6.45, 7) is 1.87. The van der Waals surface area contributed by atoms with Crippen LogP contribution in [0.25, 0.3) is 10.9 Å². The summed E-state index contributed by atoms with van der Waals surface area (Å²) in [5.41, 5.74) is 0.881. The summed E-state index contributed by atoms with van der Waals surface area (Å²) in [5.74, 6) is 1.43. The van der Waals surface area contributed by atoms with Gasteiger partial charge in [-0.25, -0.2) is 4.98 Å². The number of aromatic nitrogens is 2. The number of hydrogen-bond acceptors (Lipinski definition) is 5. The van der Waals surface area contributed by atoms with Gasteiger partial charge in [-0.3, -0.25) is 4.79 Å². The summed E-state index contributed by atoms with van der Waals surface area (Å²) in [6, 6.07) is 7.87. The number of amides is 1. The molecule has 2 N–H and O–H groups in total. The molecular weight excluding hydrogens is 254 g/mol. The quantitative estimate of drug-likeness (QED) is 0.852. The molecule has 1 saturated heterocycles. The van der Waals surface area contributed by atoms with Crippen molar-refractivity contribution in [2.45, 2.75) is 6.42 Å². The van der Waals surface area contributed by atoms with Crippen LogP contribution in [-0.2, 0) is 4.79 Å². The SMILES string of the molecule is CNc1nc(N2CCCNC(=O)C2)c2ccccc2n1. The van der Waals surface area contributed by atoms with Crippen molar-refractivity contribution in [3.8, 4) is 0 Å². The van der Waals surface area contributed by atoms with E-state index in [9.17, 15) is 4.79 Å². The Kier molecular flexibility index (Phi) is 3.37. The number of benzene rings is 1. The number of rotatable bonds is 2. The molecule has 20 heavy (non-hydrogen) atoms. The monoisotopic (exact) mass is 271 g/mol. The van der Waals surface area contributed by atoms with E-state index in [-0.39, 0.29) is 5.91 Å². The molecule has 6 nitrogen and oxygen atoms in total. The Morgan fingerprint density at radius 2 is 2.15 bits per heavy atom. The van der Waals surface area contributed by atoms with Gasteiger partial charge in [0.15, 0.2) is 0 Å². The van der Waals surface area contributed by atoms with Gasteiger partial charge in [0.2, 0.25) is 11.9 Å². The van der Waals surface area contributed by atoms with Crippen LogP contribution in [0.3, 0.4) is 0 Å². The van der Waals surface area contributed by atoms with Gasteiger partial charge in [0, 0.05) is 25.5 Å². The van der Waals surface area contributed by atoms with Gasteiger partial charge >= 0.3 is 0 Å². The van der Waals surface area contributed by atoms with Gasteiger partial charge in [0.1, 0.15) is 5.82 Å². The zero-order chi connectivity index (χ0) is 13.9. The number of para-hydroxylation sites is 1. The molecule has 104 valence electrons. The molecule has 1 aromatic heterocycles. The van der Waals surface area contributed by atoms with Crippen LogP contribution >= 0.6 is 0 Å². The van der Waals surface area contributed by atoms with Crippen molar-refractivity contribution in [3.63, 3.8) is 0 Å². The molecule has 0 atom stereocenters. The van der Waals surface area contributed by atoms with Gasteiger partial charge in [-0.15, -0.1) is 0 Å². The Hall–Kier alpha value is -2.37. The first-order valence-electron chi connectivity index (χ1n) is 6.74. The maximum Gasteiger partial charge on any atom is 0.239 e. The highest BCUT2D eigenvalue weighted by molar-refractivity contribution is 5.92. The van der Waals surface area contributed by atoms with E-state index < -0.39 is 0 Å². The summed E-state index contributed by atoms with van der Waals surface area (Å²) >= 11 is 0. The van der Waals surface area contributed by atoms with Crippen molar-refractivity contribution in [1.29, 1.82) is 0 Å². The number of nitrogens with one attached hydrogen (secondary N) is 2. The third kappa shape index (κ3) is 2.36. The Bertz CT molecular complexity index is 642. The average molecular weight is 271 g/mol. The van der Waals surface area contributed by atoms with Gasteiger partial charge in [0.05, 0.1) is 12.1 Å². The van der Waals surface area contributed by atoms with Gasteiger partial charge < -0.3 is 15.5 Å². The van der Waals surface area contributed by atoms with Crippen molar-refractivity contribution in [1.82, 2.24) is 15.3 Å². The molecule has 0 bridgehead atoms. The van der Waals surface area contributed by atoms with Crippen molar-refractivity contribution < 1.29 is 4.79 Å². The lowest BCUT2D eigenvalue weighted by Crippen LogP contribution is -2.33. The second-order valence-corrected chi connectivity index (χ2v) is 4.76. The minimum atomic E-state index is 0.0381. The fourth-order valence-corrected chi connectivity index (χ4v) is 2.40. The lowest BCUT2D eigenvalue weighted by Gasteiger charge is -2.22. The zero-order valence-electron chi connectivity index (χ0n) is 11.4. The smallest absolute Gasteiger partial charge is 0.239 e. The van der Waals surface area contributed by atoms with E-state index in [1.165, 1.54) is 0 Å². The molecule has 0 unspecified atom stereocenters. The molecule has 0 aliphatic carbocycles. The van der Waals surface area contributed by atoms with Crippen LogP contribution in [0.5, 0.6) is 0 Å². The second kappa shape index (κ2) is 5.32. The highest BCUT2D eigenvalue weighted by Crippen LogP contribution is 2.25. The summed E-state index contributed by atoms with van der Waals surface area (Å²) in [4.78, 5) is 22.8. The second-order valence-electron chi connectivity index (χ2n) is 4.76. The van der Waals surface area contributed by atoms with Crippen molar-refractivity contribution in [2.75, 3.05) is 36.9 Å². The number of carbonyl (C=O) groups is 1. The number of nitrogens with zero attached hydrogens (tertiary/aromatic N) is 3. The molecule has 1 aromatic carbocycles. The Morgan fingerprint density at radius 1 is 1.30 bits per heavy atom. The van der Waals surface area contributed by atoms with Crippen LogP contribution in [0.2, 0.25) is 0 Å². The molecule has 0 saturated carbocycles. The molecule has 0 spiro atoms.